The van der Waals surface area contributed by atoms with Crippen molar-refractivity contribution in [2.45, 2.75) is 32.1 Å². The van der Waals surface area contributed by atoms with Gasteiger partial charge in [0.15, 0.2) is 5.78 Å². The van der Waals surface area contributed by atoms with Crippen molar-refractivity contribution in [3.8, 4) is 0 Å². The van der Waals surface area contributed by atoms with E-state index < -0.39 is 0 Å². The van der Waals surface area contributed by atoms with Crippen LogP contribution >= 0.6 is 0 Å². The molecule has 1 fully saturated rings. The summed E-state index contributed by atoms with van der Waals surface area (Å²) in [5.74, 6) is 0.614. The number of ketones is 1. The van der Waals surface area contributed by atoms with Gasteiger partial charge in [-0.1, -0.05) is 12.1 Å². The lowest BCUT2D eigenvalue weighted by atomic mass is 10.0. The van der Waals surface area contributed by atoms with Crippen LogP contribution in [-0.2, 0) is 17.6 Å². The van der Waals surface area contributed by atoms with Crippen LogP contribution in [0, 0.1) is 5.92 Å². The lowest BCUT2D eigenvalue weighted by molar-refractivity contribution is -0.121. The number of amides is 1. The summed E-state index contributed by atoms with van der Waals surface area (Å²) < 4.78 is 0. The molecule has 0 saturated carbocycles. The Balaban J connectivity index is 1.46. The average molecular weight is 286 g/mol. The molecule has 4 nitrogen and oxygen atoms in total. The second-order valence-corrected chi connectivity index (χ2v) is 6.09. The van der Waals surface area contributed by atoms with Gasteiger partial charge < -0.3 is 10.6 Å². The number of carbonyl (C=O) groups is 2. The van der Waals surface area contributed by atoms with Gasteiger partial charge in [-0.25, -0.2) is 0 Å². The number of benzene rings is 1. The van der Waals surface area contributed by atoms with Crippen LogP contribution in [0.25, 0.3) is 0 Å². The van der Waals surface area contributed by atoms with Crippen molar-refractivity contribution in [1.29, 1.82) is 0 Å². The number of carbonyl (C=O) groups excluding carboxylic acids is 2. The van der Waals surface area contributed by atoms with Gasteiger partial charge in [0.2, 0.25) is 5.91 Å². The molecule has 1 aromatic rings. The molecule has 1 heterocycles. The normalized spacial score (nSPS) is 17.1. The Morgan fingerprint density at radius 2 is 1.95 bits per heavy atom. The predicted molar refractivity (Wildman–Crippen MR) is 81.4 cm³/mol. The molecule has 2 aliphatic rings. The zero-order valence-corrected chi connectivity index (χ0v) is 12.3. The van der Waals surface area contributed by atoms with Gasteiger partial charge in [0, 0.05) is 44.0 Å². The molecule has 21 heavy (non-hydrogen) atoms. The zero-order chi connectivity index (χ0) is 14.7. The monoisotopic (exact) mass is 286 g/mol. The molecule has 1 amide bonds. The van der Waals surface area contributed by atoms with Crippen molar-refractivity contribution < 1.29 is 9.59 Å². The number of rotatable bonds is 6. The third kappa shape index (κ3) is 3.50. The molecular weight excluding hydrogens is 264 g/mol. The Labute approximate surface area is 125 Å². The lowest BCUT2D eigenvalue weighted by Gasteiger charge is -2.27. The van der Waals surface area contributed by atoms with Gasteiger partial charge in [-0.2, -0.15) is 0 Å². The first-order chi connectivity index (χ1) is 10.2. The van der Waals surface area contributed by atoms with Crippen LogP contribution in [0.3, 0.4) is 0 Å². The molecule has 4 heteroatoms. The van der Waals surface area contributed by atoms with Gasteiger partial charge >= 0.3 is 0 Å². The van der Waals surface area contributed by atoms with Gasteiger partial charge in [0.1, 0.15) is 0 Å². The highest BCUT2D eigenvalue weighted by Gasteiger charge is 2.18. The molecule has 0 spiro atoms. The summed E-state index contributed by atoms with van der Waals surface area (Å²) in [5.41, 5.74) is 3.44. The average Bonchev–Trinajstić information content (AvgIpc) is 2.90. The fraction of sp³-hybridized carbons (Fsp3) is 0.529. The van der Waals surface area contributed by atoms with Crippen LogP contribution < -0.4 is 10.6 Å². The van der Waals surface area contributed by atoms with Gasteiger partial charge in [-0.15, -0.1) is 0 Å². The molecule has 1 aliphatic heterocycles. The Bertz CT molecular complexity index is 550. The third-order valence-electron chi connectivity index (χ3n) is 4.45. The Kier molecular flexibility index (Phi) is 4.34. The van der Waals surface area contributed by atoms with E-state index in [2.05, 4.69) is 16.7 Å². The number of hydrogen-bond acceptors (Lipinski definition) is 3. The van der Waals surface area contributed by atoms with E-state index in [9.17, 15) is 9.59 Å². The van der Waals surface area contributed by atoms with Crippen molar-refractivity contribution in [2.75, 3.05) is 19.6 Å². The second-order valence-electron chi connectivity index (χ2n) is 6.09. The summed E-state index contributed by atoms with van der Waals surface area (Å²) in [6, 6.07) is 5.99. The minimum absolute atomic E-state index is 0.0172. The van der Waals surface area contributed by atoms with E-state index in [0.29, 0.717) is 12.3 Å². The Morgan fingerprint density at radius 3 is 2.71 bits per heavy atom. The maximum atomic E-state index is 12.2. The highest BCUT2D eigenvalue weighted by molar-refractivity contribution is 5.98. The van der Waals surface area contributed by atoms with Gasteiger partial charge in [-0.05, 0) is 36.5 Å². The summed E-state index contributed by atoms with van der Waals surface area (Å²) in [4.78, 5) is 23.9. The van der Waals surface area contributed by atoms with Crippen LogP contribution in [0.4, 0.5) is 0 Å². The van der Waals surface area contributed by atoms with Crippen molar-refractivity contribution in [1.82, 2.24) is 10.6 Å². The van der Waals surface area contributed by atoms with E-state index in [1.54, 1.807) is 0 Å². The minimum atomic E-state index is -0.0172. The lowest BCUT2D eigenvalue weighted by Crippen LogP contribution is -2.48. The largest absolute Gasteiger partial charge is 0.356 e. The molecule has 1 aromatic carbocycles. The predicted octanol–water partition coefficient (Wildman–Crippen LogP) is 1.47. The molecule has 112 valence electrons. The number of hydrogen-bond donors (Lipinski definition) is 2. The van der Waals surface area contributed by atoms with E-state index in [4.69, 9.17) is 0 Å². The SMILES string of the molecule is O=C(CCC(=O)c1ccc2c(c1)CCC2)NCC1CNC1. The molecule has 1 saturated heterocycles. The molecule has 2 N–H and O–H groups in total. The molecule has 1 aliphatic carbocycles. The maximum absolute atomic E-state index is 12.2. The van der Waals surface area contributed by atoms with Gasteiger partial charge in [0.05, 0.1) is 0 Å². The smallest absolute Gasteiger partial charge is 0.220 e. The van der Waals surface area contributed by atoms with Crippen molar-refractivity contribution in [2.24, 2.45) is 5.92 Å². The molecule has 0 atom stereocenters. The molecule has 0 bridgehead atoms. The Hall–Kier alpha value is -1.68. The fourth-order valence-electron chi connectivity index (χ4n) is 2.96. The molecule has 3 rings (SSSR count). The van der Waals surface area contributed by atoms with Crippen LogP contribution in [0.2, 0.25) is 0 Å². The highest BCUT2D eigenvalue weighted by Crippen LogP contribution is 2.23. The van der Waals surface area contributed by atoms with Crippen LogP contribution in [0.5, 0.6) is 0 Å². The van der Waals surface area contributed by atoms with E-state index in [1.165, 1.54) is 17.5 Å². The summed E-state index contributed by atoms with van der Waals surface area (Å²) in [6.45, 7) is 2.68. The molecular formula is C17H22N2O2. The topological polar surface area (TPSA) is 58.2 Å². The summed E-state index contributed by atoms with van der Waals surface area (Å²) in [5, 5.41) is 6.07. The van der Waals surface area contributed by atoms with Crippen molar-refractivity contribution in [3.63, 3.8) is 0 Å². The second kappa shape index (κ2) is 6.39. The molecule has 0 unspecified atom stereocenters. The standard InChI is InChI=1S/C17H22N2O2/c20-16(6-7-17(21)19-11-12-9-18-10-12)15-5-4-13-2-1-3-14(13)8-15/h4-5,8,12,18H,1-3,6-7,9-11H2,(H,19,21). The van der Waals surface area contributed by atoms with Crippen molar-refractivity contribution >= 4 is 11.7 Å². The zero-order valence-electron chi connectivity index (χ0n) is 12.3. The summed E-state index contributed by atoms with van der Waals surface area (Å²) >= 11 is 0. The van der Waals surface area contributed by atoms with Gasteiger partial charge in [0.25, 0.3) is 0 Å². The number of Topliss-reactive ketones (excluding diaryl/α,β-unsaturated/α-hetero) is 1. The third-order valence-corrected chi connectivity index (χ3v) is 4.45. The first-order valence-corrected chi connectivity index (χ1v) is 7.85. The first kappa shape index (κ1) is 14.3. The maximum Gasteiger partial charge on any atom is 0.220 e. The molecule has 0 aromatic heterocycles. The fourth-order valence-corrected chi connectivity index (χ4v) is 2.96. The number of fused-ring (bicyclic) bond motifs is 1. The Morgan fingerprint density at radius 1 is 1.14 bits per heavy atom. The number of nitrogens with one attached hydrogen (secondary N) is 2. The van der Waals surface area contributed by atoms with Crippen molar-refractivity contribution in [3.05, 3.63) is 34.9 Å². The molecule has 0 radical (unpaired) electrons. The highest BCUT2D eigenvalue weighted by atomic mass is 16.2. The van der Waals surface area contributed by atoms with Gasteiger partial charge in [-0.3, -0.25) is 9.59 Å². The summed E-state index contributed by atoms with van der Waals surface area (Å²) in [7, 11) is 0. The van der Waals surface area contributed by atoms with Crippen LogP contribution in [-0.4, -0.2) is 31.3 Å². The van der Waals surface area contributed by atoms with E-state index in [0.717, 1.165) is 38.0 Å². The van der Waals surface area contributed by atoms with Crippen LogP contribution in [0.1, 0.15) is 40.7 Å². The van der Waals surface area contributed by atoms with Crippen LogP contribution in [0.15, 0.2) is 18.2 Å². The quantitative estimate of drug-likeness (QED) is 0.779. The number of aryl methyl sites for hydroxylation is 2. The first-order valence-electron chi connectivity index (χ1n) is 7.85. The van der Waals surface area contributed by atoms with E-state index in [1.807, 2.05) is 12.1 Å². The minimum Gasteiger partial charge on any atom is -0.356 e. The van der Waals surface area contributed by atoms with E-state index in [-0.39, 0.29) is 18.1 Å². The summed E-state index contributed by atoms with van der Waals surface area (Å²) in [6.07, 6.45) is 3.98. The van der Waals surface area contributed by atoms with E-state index >= 15 is 0 Å².